The van der Waals surface area contributed by atoms with Gasteiger partial charge in [-0.05, 0) is 57.1 Å². The highest BCUT2D eigenvalue weighted by Crippen LogP contribution is 2.20. The molecule has 188 valence electrons. The number of piperazine rings is 1. The highest BCUT2D eigenvalue weighted by atomic mass is 16.5. The minimum absolute atomic E-state index is 0.161. The molecule has 1 fully saturated rings. The zero-order valence-corrected chi connectivity index (χ0v) is 21.8. The molecule has 0 radical (unpaired) electrons. The van der Waals surface area contributed by atoms with Crippen molar-refractivity contribution < 1.29 is 19.0 Å². The van der Waals surface area contributed by atoms with E-state index in [-0.39, 0.29) is 11.7 Å². The predicted octanol–water partition coefficient (Wildman–Crippen LogP) is 2.72. The van der Waals surface area contributed by atoms with Crippen LogP contribution in [0.2, 0.25) is 0 Å². The second-order valence-electron chi connectivity index (χ2n) is 9.60. The van der Waals surface area contributed by atoms with Gasteiger partial charge < -0.3 is 4.74 Å². The van der Waals surface area contributed by atoms with Crippen molar-refractivity contribution in [1.29, 1.82) is 0 Å². The Morgan fingerprint density at radius 1 is 1.21 bits per heavy atom. The van der Waals surface area contributed by atoms with Crippen LogP contribution in [0.15, 0.2) is 22.7 Å². The first-order valence-electron chi connectivity index (χ1n) is 12.7. The monoisotopic (exact) mass is 472 g/mol. The maximum absolute atomic E-state index is 12.6. The van der Waals surface area contributed by atoms with Gasteiger partial charge in [-0.25, -0.2) is 4.90 Å². The van der Waals surface area contributed by atoms with Crippen LogP contribution < -0.4 is 9.64 Å². The first-order valence-corrected chi connectivity index (χ1v) is 12.7. The SMILES string of the molecule is CCN(CC)CC(=O)c1ccc(OCCC(C)N2CC[NH+](c3nc(C(C)C)no3)CC2)c(C)c1. The van der Waals surface area contributed by atoms with Gasteiger partial charge in [0.1, 0.15) is 5.75 Å². The Labute approximate surface area is 204 Å². The third kappa shape index (κ3) is 6.87. The van der Waals surface area contributed by atoms with E-state index in [1.165, 1.54) is 4.90 Å². The Kier molecular flexibility index (Phi) is 9.62. The molecule has 2 heterocycles. The number of hydrogen-bond acceptors (Lipinski definition) is 7. The molecule has 1 aromatic carbocycles. The molecule has 1 atom stereocenters. The highest BCUT2D eigenvalue weighted by Gasteiger charge is 2.29. The van der Waals surface area contributed by atoms with Gasteiger partial charge in [0.2, 0.25) is 0 Å². The van der Waals surface area contributed by atoms with Crippen LogP contribution in [0.25, 0.3) is 0 Å². The third-order valence-electron chi connectivity index (χ3n) is 6.84. The van der Waals surface area contributed by atoms with Gasteiger partial charge in [-0.1, -0.05) is 32.9 Å². The molecule has 0 bridgehead atoms. The Hall–Kier alpha value is -2.29. The highest BCUT2D eigenvalue weighted by molar-refractivity contribution is 5.97. The molecule has 1 aromatic heterocycles. The minimum Gasteiger partial charge on any atom is -0.493 e. The van der Waals surface area contributed by atoms with Crippen LogP contribution in [0, 0.1) is 6.92 Å². The van der Waals surface area contributed by atoms with Crippen molar-refractivity contribution in [3.8, 4) is 5.75 Å². The summed E-state index contributed by atoms with van der Waals surface area (Å²) in [7, 11) is 0. The molecule has 3 rings (SSSR count). The number of aryl methyl sites for hydroxylation is 1. The van der Waals surface area contributed by atoms with Gasteiger partial charge in [0.25, 0.3) is 0 Å². The van der Waals surface area contributed by atoms with Crippen LogP contribution in [0.5, 0.6) is 5.75 Å². The van der Waals surface area contributed by atoms with E-state index in [0.29, 0.717) is 25.2 Å². The van der Waals surface area contributed by atoms with Gasteiger partial charge in [0, 0.05) is 30.6 Å². The Morgan fingerprint density at radius 3 is 2.50 bits per heavy atom. The van der Waals surface area contributed by atoms with Gasteiger partial charge in [-0.15, -0.1) is 4.98 Å². The lowest BCUT2D eigenvalue weighted by Gasteiger charge is -2.34. The van der Waals surface area contributed by atoms with E-state index in [1.807, 2.05) is 25.1 Å². The molecule has 1 aliphatic rings. The van der Waals surface area contributed by atoms with E-state index in [9.17, 15) is 4.79 Å². The predicted molar refractivity (Wildman–Crippen MR) is 133 cm³/mol. The Bertz CT molecular complexity index is 917. The maximum atomic E-state index is 12.6. The lowest BCUT2D eigenvalue weighted by atomic mass is 10.1. The number of likely N-dealkylation sites (N-methyl/N-ethyl adjacent to an activating group) is 1. The summed E-state index contributed by atoms with van der Waals surface area (Å²) in [5.74, 6) is 2.09. The molecule has 0 aliphatic carbocycles. The minimum atomic E-state index is 0.161. The first-order chi connectivity index (χ1) is 16.3. The summed E-state index contributed by atoms with van der Waals surface area (Å²) >= 11 is 0. The largest absolute Gasteiger partial charge is 0.493 e. The van der Waals surface area contributed by atoms with Crippen molar-refractivity contribution in [2.75, 3.05) is 52.4 Å². The zero-order chi connectivity index (χ0) is 24.7. The number of ketones is 1. The van der Waals surface area contributed by atoms with E-state index < -0.39 is 0 Å². The normalized spacial score (nSPS) is 16.4. The Balaban J connectivity index is 1.43. The topological polar surface area (TPSA) is 76.1 Å². The molecule has 8 heteroatoms. The Morgan fingerprint density at radius 2 is 1.91 bits per heavy atom. The van der Waals surface area contributed by atoms with Crippen LogP contribution >= 0.6 is 0 Å². The molecule has 2 aromatic rings. The number of Topliss-reactive ketones (excluding diaryl/α,β-unsaturated/α-hetero) is 1. The van der Waals surface area contributed by atoms with Gasteiger partial charge in [-0.2, -0.15) is 0 Å². The van der Waals surface area contributed by atoms with Crippen LogP contribution in [0.4, 0.5) is 6.01 Å². The summed E-state index contributed by atoms with van der Waals surface area (Å²) < 4.78 is 11.6. The van der Waals surface area contributed by atoms with E-state index >= 15 is 0 Å². The smallest absolute Gasteiger partial charge is 0.425 e. The van der Waals surface area contributed by atoms with Crippen molar-refractivity contribution in [3.05, 3.63) is 35.2 Å². The molecule has 1 N–H and O–H groups in total. The number of nitrogens with zero attached hydrogens (tertiary/aromatic N) is 4. The van der Waals surface area contributed by atoms with Crippen LogP contribution in [-0.4, -0.2) is 84.2 Å². The van der Waals surface area contributed by atoms with E-state index in [2.05, 4.69) is 54.6 Å². The molecule has 1 unspecified atom stereocenters. The fourth-order valence-electron chi connectivity index (χ4n) is 4.31. The van der Waals surface area contributed by atoms with Crippen LogP contribution in [0.1, 0.15) is 68.7 Å². The summed E-state index contributed by atoms with van der Waals surface area (Å²) in [6.45, 7) is 19.4. The molecule has 1 aliphatic heterocycles. The third-order valence-corrected chi connectivity index (χ3v) is 6.84. The molecule has 34 heavy (non-hydrogen) atoms. The fraction of sp³-hybridized carbons (Fsp3) is 0.654. The number of benzene rings is 1. The molecule has 0 saturated carbocycles. The molecule has 1 saturated heterocycles. The van der Waals surface area contributed by atoms with E-state index in [1.54, 1.807) is 0 Å². The van der Waals surface area contributed by atoms with Crippen molar-refractivity contribution in [2.45, 2.75) is 59.9 Å². The van der Waals surface area contributed by atoms with Gasteiger partial charge in [0.15, 0.2) is 11.6 Å². The maximum Gasteiger partial charge on any atom is 0.425 e. The van der Waals surface area contributed by atoms with Crippen molar-refractivity contribution in [2.24, 2.45) is 0 Å². The number of rotatable bonds is 12. The molecule has 0 amide bonds. The number of carbonyl (C=O) groups is 1. The van der Waals surface area contributed by atoms with Crippen molar-refractivity contribution in [1.82, 2.24) is 19.9 Å². The number of nitrogens with one attached hydrogen (secondary N) is 1. The number of carbonyl (C=O) groups excluding carboxylic acids is 1. The molecule has 8 nitrogen and oxygen atoms in total. The van der Waals surface area contributed by atoms with Gasteiger partial charge in [0.05, 0.1) is 26.2 Å². The van der Waals surface area contributed by atoms with Crippen molar-refractivity contribution in [3.63, 3.8) is 0 Å². The van der Waals surface area contributed by atoms with Crippen LogP contribution in [-0.2, 0) is 0 Å². The lowest BCUT2D eigenvalue weighted by molar-refractivity contribution is -0.849. The van der Waals surface area contributed by atoms with E-state index in [4.69, 9.17) is 9.26 Å². The number of quaternary nitrogens is 1. The lowest BCUT2D eigenvalue weighted by Crippen LogP contribution is -3.10. The summed E-state index contributed by atoms with van der Waals surface area (Å²) in [4.78, 5) is 23.0. The first kappa shape index (κ1) is 26.3. The van der Waals surface area contributed by atoms with E-state index in [0.717, 1.165) is 68.4 Å². The van der Waals surface area contributed by atoms with Crippen molar-refractivity contribution >= 4 is 11.8 Å². The molecular formula is C26H42N5O3+. The van der Waals surface area contributed by atoms with Gasteiger partial charge in [-0.3, -0.25) is 19.1 Å². The average Bonchev–Trinajstić information content (AvgIpc) is 3.34. The fourth-order valence-corrected chi connectivity index (χ4v) is 4.31. The van der Waals surface area contributed by atoms with Gasteiger partial charge >= 0.3 is 6.01 Å². The number of aromatic nitrogens is 2. The molecule has 0 spiro atoms. The summed E-state index contributed by atoms with van der Waals surface area (Å²) in [6.07, 6.45) is 0.954. The van der Waals surface area contributed by atoms with Crippen LogP contribution in [0.3, 0.4) is 0 Å². The number of hydrogen-bond donors (Lipinski definition) is 1. The second-order valence-corrected chi connectivity index (χ2v) is 9.60. The quantitative estimate of drug-likeness (QED) is 0.476. The summed E-state index contributed by atoms with van der Waals surface area (Å²) in [6, 6.07) is 6.93. The molecular weight excluding hydrogens is 430 g/mol. The standard InChI is InChI=1S/C26H41N5O3/c1-7-29(8-2)18-23(32)22-9-10-24(20(5)17-22)33-16-11-21(6)30-12-14-31(15-13-30)26-27-25(19(3)4)28-34-26/h9-10,17,19,21H,7-8,11-16,18H2,1-6H3/p+1. The average molecular weight is 473 g/mol. The zero-order valence-electron chi connectivity index (χ0n) is 21.8. The summed E-state index contributed by atoms with van der Waals surface area (Å²) in [5.41, 5.74) is 1.77. The number of ether oxygens (including phenoxy) is 1. The second kappa shape index (κ2) is 12.4. The summed E-state index contributed by atoms with van der Waals surface area (Å²) in [5, 5.41) is 4.10.